The van der Waals surface area contributed by atoms with Crippen LogP contribution >= 0.6 is 24.0 Å². The predicted octanol–water partition coefficient (Wildman–Crippen LogP) is 4.45. The summed E-state index contributed by atoms with van der Waals surface area (Å²) in [6.45, 7) is 15.1. The Labute approximate surface area is 200 Å². The summed E-state index contributed by atoms with van der Waals surface area (Å²) in [6.07, 6.45) is 6.35. The molecule has 1 aromatic rings. The van der Waals surface area contributed by atoms with Crippen LogP contribution in [-0.2, 0) is 6.54 Å². The Morgan fingerprint density at radius 3 is 2.43 bits per heavy atom. The molecule has 0 amide bonds. The van der Waals surface area contributed by atoms with Crippen LogP contribution in [0.4, 0.5) is 0 Å². The van der Waals surface area contributed by atoms with Crippen molar-refractivity contribution in [3.63, 3.8) is 0 Å². The molecule has 0 radical (unpaired) electrons. The Kier molecular flexibility index (Phi) is 10.4. The molecule has 2 fully saturated rings. The zero-order chi connectivity index (χ0) is 20.8. The lowest BCUT2D eigenvalue weighted by Gasteiger charge is -2.32. The second-order valence-electron chi connectivity index (χ2n) is 8.97. The molecule has 3 rings (SSSR count). The van der Waals surface area contributed by atoms with Gasteiger partial charge in [0, 0.05) is 26.7 Å². The minimum absolute atomic E-state index is 0. The highest BCUT2D eigenvalue weighted by atomic mass is 127. The molecule has 6 nitrogen and oxygen atoms in total. The Balaban J connectivity index is 0.00000320. The van der Waals surface area contributed by atoms with Crippen molar-refractivity contribution in [1.29, 1.82) is 0 Å². The van der Waals surface area contributed by atoms with E-state index in [4.69, 9.17) is 4.42 Å². The van der Waals surface area contributed by atoms with Gasteiger partial charge in [-0.25, -0.2) is 4.98 Å². The Hall–Kier alpha value is -0.830. The van der Waals surface area contributed by atoms with E-state index in [0.717, 1.165) is 67.9 Å². The molecule has 2 aliphatic heterocycles. The molecule has 0 bridgehead atoms. The SMILES string of the molecule is CCC(CC)C1CCN(C(=NC)NCC2CCN(Cc3nc(C)c(C)o3)CC2)C1.I. The molecule has 7 heteroatoms. The van der Waals surface area contributed by atoms with Crippen LogP contribution < -0.4 is 5.32 Å². The van der Waals surface area contributed by atoms with Crippen molar-refractivity contribution < 1.29 is 4.42 Å². The van der Waals surface area contributed by atoms with Gasteiger partial charge in [-0.3, -0.25) is 9.89 Å². The number of likely N-dealkylation sites (tertiary alicyclic amines) is 2. The molecule has 2 aliphatic rings. The lowest BCUT2D eigenvalue weighted by atomic mass is 9.87. The molecular weight excluding hydrogens is 489 g/mol. The number of hydrogen-bond acceptors (Lipinski definition) is 4. The van der Waals surface area contributed by atoms with Crippen LogP contribution in [-0.4, -0.2) is 60.5 Å². The second-order valence-corrected chi connectivity index (χ2v) is 8.97. The number of aromatic nitrogens is 1. The van der Waals surface area contributed by atoms with E-state index in [1.807, 2.05) is 20.9 Å². The highest BCUT2D eigenvalue weighted by molar-refractivity contribution is 14.0. The van der Waals surface area contributed by atoms with Crippen LogP contribution in [0.5, 0.6) is 0 Å². The van der Waals surface area contributed by atoms with Crippen LogP contribution in [0.25, 0.3) is 0 Å². The molecule has 0 saturated carbocycles. The smallest absolute Gasteiger partial charge is 0.208 e. The summed E-state index contributed by atoms with van der Waals surface area (Å²) in [5, 5.41) is 3.68. The average molecular weight is 532 g/mol. The summed E-state index contributed by atoms with van der Waals surface area (Å²) in [7, 11) is 1.93. The Morgan fingerprint density at radius 2 is 1.87 bits per heavy atom. The first kappa shape index (κ1) is 25.4. The third-order valence-electron chi connectivity index (χ3n) is 7.14. The molecule has 172 valence electrons. The molecule has 1 atom stereocenters. The largest absolute Gasteiger partial charge is 0.444 e. The van der Waals surface area contributed by atoms with Gasteiger partial charge in [0.15, 0.2) is 5.96 Å². The standard InChI is InChI=1S/C23H41N5O.HI/c1-6-20(7-2)21-10-13-28(15-21)23(24-5)25-14-19-8-11-27(12-9-19)16-22-26-17(3)18(4)29-22;/h19-21H,6-16H2,1-5H3,(H,24,25);1H. The molecule has 0 aromatic carbocycles. The fraction of sp³-hybridized carbons (Fsp3) is 0.826. The number of oxazole rings is 1. The topological polar surface area (TPSA) is 56.9 Å². The minimum Gasteiger partial charge on any atom is -0.444 e. The van der Waals surface area contributed by atoms with Gasteiger partial charge in [0.25, 0.3) is 0 Å². The summed E-state index contributed by atoms with van der Waals surface area (Å²) in [6, 6.07) is 0. The summed E-state index contributed by atoms with van der Waals surface area (Å²) in [5.41, 5.74) is 1.01. The maximum atomic E-state index is 5.75. The summed E-state index contributed by atoms with van der Waals surface area (Å²) in [4.78, 5) is 14.1. The van der Waals surface area contributed by atoms with Crippen molar-refractivity contribution in [2.45, 2.75) is 66.3 Å². The number of nitrogens with one attached hydrogen (secondary N) is 1. The van der Waals surface area contributed by atoms with E-state index in [0.29, 0.717) is 5.92 Å². The van der Waals surface area contributed by atoms with Crippen LogP contribution in [0.1, 0.15) is 63.3 Å². The molecular formula is C23H42IN5O. The first-order chi connectivity index (χ1) is 14.0. The fourth-order valence-electron chi connectivity index (χ4n) is 5.03. The Morgan fingerprint density at radius 1 is 1.17 bits per heavy atom. The molecule has 1 aromatic heterocycles. The number of guanidine groups is 1. The molecule has 30 heavy (non-hydrogen) atoms. The number of hydrogen-bond donors (Lipinski definition) is 1. The molecule has 1 unspecified atom stereocenters. The number of halogens is 1. The summed E-state index contributed by atoms with van der Waals surface area (Å²) >= 11 is 0. The van der Waals surface area contributed by atoms with E-state index in [2.05, 4.69) is 38.9 Å². The van der Waals surface area contributed by atoms with E-state index >= 15 is 0 Å². The van der Waals surface area contributed by atoms with E-state index < -0.39 is 0 Å². The van der Waals surface area contributed by atoms with Crippen LogP contribution in [0.2, 0.25) is 0 Å². The van der Waals surface area contributed by atoms with Crippen LogP contribution in [0.3, 0.4) is 0 Å². The fourth-order valence-corrected chi connectivity index (χ4v) is 5.03. The highest BCUT2D eigenvalue weighted by Crippen LogP contribution is 2.28. The van der Waals surface area contributed by atoms with E-state index in [9.17, 15) is 0 Å². The second kappa shape index (κ2) is 12.3. The summed E-state index contributed by atoms with van der Waals surface area (Å²) in [5.74, 6) is 5.31. The molecule has 1 N–H and O–H groups in total. The lowest BCUT2D eigenvalue weighted by molar-refractivity contribution is 0.163. The number of rotatable bonds is 7. The van der Waals surface area contributed by atoms with Gasteiger partial charge in [0.05, 0.1) is 12.2 Å². The first-order valence-electron chi connectivity index (χ1n) is 11.6. The van der Waals surface area contributed by atoms with Crippen molar-refractivity contribution in [3.05, 3.63) is 17.3 Å². The third kappa shape index (κ3) is 6.58. The molecule has 2 saturated heterocycles. The highest BCUT2D eigenvalue weighted by Gasteiger charge is 2.29. The van der Waals surface area contributed by atoms with Crippen molar-refractivity contribution in [1.82, 2.24) is 20.1 Å². The lowest BCUT2D eigenvalue weighted by Crippen LogP contribution is -2.44. The predicted molar refractivity (Wildman–Crippen MR) is 135 cm³/mol. The maximum absolute atomic E-state index is 5.75. The van der Waals surface area contributed by atoms with Gasteiger partial charge in [-0.1, -0.05) is 26.7 Å². The van der Waals surface area contributed by atoms with E-state index in [-0.39, 0.29) is 24.0 Å². The quantitative estimate of drug-likeness (QED) is 0.320. The minimum atomic E-state index is 0. The first-order valence-corrected chi connectivity index (χ1v) is 11.6. The zero-order valence-electron chi connectivity index (χ0n) is 19.6. The van der Waals surface area contributed by atoms with Gasteiger partial charge in [0.2, 0.25) is 5.89 Å². The van der Waals surface area contributed by atoms with Crippen molar-refractivity contribution in [3.8, 4) is 0 Å². The van der Waals surface area contributed by atoms with Crippen molar-refractivity contribution in [2.75, 3.05) is 39.8 Å². The molecule has 3 heterocycles. The monoisotopic (exact) mass is 531 g/mol. The number of piperidine rings is 1. The van der Waals surface area contributed by atoms with Crippen LogP contribution in [0.15, 0.2) is 9.41 Å². The average Bonchev–Trinajstić information content (AvgIpc) is 3.32. The number of nitrogens with zero attached hydrogens (tertiary/aromatic N) is 4. The van der Waals surface area contributed by atoms with Gasteiger partial charge < -0.3 is 14.6 Å². The zero-order valence-corrected chi connectivity index (χ0v) is 21.9. The van der Waals surface area contributed by atoms with Gasteiger partial charge in [-0.2, -0.15) is 0 Å². The van der Waals surface area contributed by atoms with Gasteiger partial charge in [0.1, 0.15) is 5.76 Å². The van der Waals surface area contributed by atoms with Gasteiger partial charge >= 0.3 is 0 Å². The van der Waals surface area contributed by atoms with Crippen molar-refractivity contribution in [2.24, 2.45) is 22.7 Å². The van der Waals surface area contributed by atoms with E-state index in [1.165, 1.54) is 38.6 Å². The number of aliphatic imine (C=N–C) groups is 1. The maximum Gasteiger partial charge on any atom is 0.208 e. The van der Waals surface area contributed by atoms with Gasteiger partial charge in [-0.05, 0) is 64.0 Å². The van der Waals surface area contributed by atoms with E-state index in [1.54, 1.807) is 0 Å². The normalized spacial score (nSPS) is 21.3. The van der Waals surface area contributed by atoms with Crippen molar-refractivity contribution >= 4 is 29.9 Å². The van der Waals surface area contributed by atoms with Gasteiger partial charge in [-0.15, -0.1) is 24.0 Å². The Bertz CT molecular complexity index is 645. The summed E-state index contributed by atoms with van der Waals surface area (Å²) < 4.78 is 5.75. The third-order valence-corrected chi connectivity index (χ3v) is 7.14. The van der Waals surface area contributed by atoms with Crippen LogP contribution in [0, 0.1) is 31.6 Å². The molecule has 0 aliphatic carbocycles. The number of aryl methyl sites for hydroxylation is 2. The molecule has 0 spiro atoms.